The molecular weight excluding hydrogens is 457 g/mol. The van der Waals surface area contributed by atoms with E-state index in [9.17, 15) is 0 Å². The van der Waals surface area contributed by atoms with Crippen LogP contribution in [0.5, 0.6) is 5.75 Å². The summed E-state index contributed by atoms with van der Waals surface area (Å²) in [4.78, 5) is 9.42. The number of piperazine rings is 1. The Morgan fingerprint density at radius 3 is 2.67 bits per heavy atom. The number of nitrogens with zero attached hydrogens (tertiary/aromatic N) is 6. The number of nitrogens with one attached hydrogen (secondary N) is 1. The summed E-state index contributed by atoms with van der Waals surface area (Å²) in [5.74, 6) is 2.68. The molecule has 0 atom stereocenters. The molecule has 0 bridgehead atoms. The maximum atomic E-state index is 5.33. The fourth-order valence-electron chi connectivity index (χ4n) is 3.01. The van der Waals surface area contributed by atoms with Crippen LogP contribution in [0.15, 0.2) is 35.6 Å². The Balaban J connectivity index is 0.00000261. The second-order valence-electron chi connectivity index (χ2n) is 6.20. The first-order valence-electron chi connectivity index (χ1n) is 8.96. The Labute approximate surface area is 177 Å². The van der Waals surface area contributed by atoms with E-state index < -0.39 is 0 Å². The van der Waals surface area contributed by atoms with Crippen LogP contribution in [-0.2, 0) is 13.6 Å². The van der Waals surface area contributed by atoms with Gasteiger partial charge in [-0.2, -0.15) is 0 Å². The molecule has 1 N–H and O–H groups in total. The maximum absolute atomic E-state index is 5.33. The number of hydrogen-bond acceptors (Lipinski definition) is 5. The van der Waals surface area contributed by atoms with E-state index in [1.54, 1.807) is 13.4 Å². The fraction of sp³-hybridized carbons (Fsp3) is 0.500. The van der Waals surface area contributed by atoms with Gasteiger partial charge in [-0.25, -0.2) is 4.99 Å². The molecule has 1 aliphatic rings. The molecule has 2 heterocycles. The molecule has 1 aromatic heterocycles. The number of hydrogen-bond donors (Lipinski definition) is 1. The topological polar surface area (TPSA) is 70.8 Å². The van der Waals surface area contributed by atoms with Gasteiger partial charge in [-0.1, -0.05) is 6.07 Å². The number of rotatable bonds is 5. The third-order valence-corrected chi connectivity index (χ3v) is 4.51. The first kappa shape index (κ1) is 21.3. The zero-order chi connectivity index (χ0) is 18.4. The van der Waals surface area contributed by atoms with Crippen molar-refractivity contribution in [3.05, 3.63) is 36.4 Å². The van der Waals surface area contributed by atoms with Crippen LogP contribution in [0.1, 0.15) is 12.7 Å². The van der Waals surface area contributed by atoms with Crippen LogP contribution >= 0.6 is 24.0 Å². The maximum Gasteiger partial charge on any atom is 0.194 e. The van der Waals surface area contributed by atoms with E-state index in [1.807, 2.05) is 23.7 Å². The number of methoxy groups -OCH3 is 1. The molecule has 1 fully saturated rings. The molecule has 3 rings (SSSR count). The van der Waals surface area contributed by atoms with Crippen LogP contribution in [0.3, 0.4) is 0 Å². The van der Waals surface area contributed by atoms with Gasteiger partial charge in [0.15, 0.2) is 11.8 Å². The lowest BCUT2D eigenvalue weighted by Gasteiger charge is -2.37. The van der Waals surface area contributed by atoms with Gasteiger partial charge >= 0.3 is 0 Å². The van der Waals surface area contributed by atoms with Gasteiger partial charge in [-0.3, -0.25) is 0 Å². The van der Waals surface area contributed by atoms with Gasteiger partial charge in [0.05, 0.1) is 7.11 Å². The molecule has 9 heteroatoms. The highest BCUT2D eigenvalue weighted by Crippen LogP contribution is 2.22. The largest absolute Gasteiger partial charge is 0.497 e. The van der Waals surface area contributed by atoms with Gasteiger partial charge in [0, 0.05) is 51.5 Å². The van der Waals surface area contributed by atoms with E-state index in [0.717, 1.165) is 50.3 Å². The number of ether oxygens (including phenoxy) is 1. The Bertz CT molecular complexity index is 741. The molecular formula is C18H28IN7O. The van der Waals surface area contributed by atoms with Crippen molar-refractivity contribution in [1.29, 1.82) is 0 Å². The van der Waals surface area contributed by atoms with Crippen LogP contribution < -0.4 is 15.0 Å². The second kappa shape index (κ2) is 10.3. The summed E-state index contributed by atoms with van der Waals surface area (Å²) >= 11 is 0. The van der Waals surface area contributed by atoms with E-state index in [0.29, 0.717) is 6.54 Å². The summed E-state index contributed by atoms with van der Waals surface area (Å²) in [6, 6.07) is 8.23. The summed E-state index contributed by atoms with van der Waals surface area (Å²) in [6.45, 7) is 7.18. The van der Waals surface area contributed by atoms with Gasteiger partial charge in [-0.05, 0) is 19.1 Å². The lowest BCUT2D eigenvalue weighted by Crippen LogP contribution is -2.52. The quantitative estimate of drug-likeness (QED) is 0.395. The normalized spacial score (nSPS) is 14.7. The Kier molecular flexibility index (Phi) is 8.14. The van der Waals surface area contributed by atoms with E-state index in [4.69, 9.17) is 9.73 Å². The number of benzene rings is 1. The molecule has 0 spiro atoms. The molecule has 0 amide bonds. The highest BCUT2D eigenvalue weighted by atomic mass is 127. The molecule has 1 saturated heterocycles. The molecule has 1 aromatic carbocycles. The monoisotopic (exact) mass is 485 g/mol. The highest BCUT2D eigenvalue weighted by Gasteiger charge is 2.20. The van der Waals surface area contributed by atoms with Crippen molar-refractivity contribution in [2.45, 2.75) is 13.5 Å². The zero-order valence-electron chi connectivity index (χ0n) is 16.1. The van der Waals surface area contributed by atoms with Crippen molar-refractivity contribution >= 4 is 35.6 Å². The van der Waals surface area contributed by atoms with Crippen LogP contribution in [0.4, 0.5) is 5.69 Å². The minimum atomic E-state index is 0. The number of aliphatic imine (C=N–C) groups is 1. The van der Waals surface area contributed by atoms with Gasteiger partial charge in [0.2, 0.25) is 0 Å². The molecule has 0 aliphatic carbocycles. The smallest absolute Gasteiger partial charge is 0.194 e. The average molecular weight is 485 g/mol. The van der Waals surface area contributed by atoms with Gasteiger partial charge in [0.25, 0.3) is 0 Å². The minimum absolute atomic E-state index is 0. The average Bonchev–Trinajstić information content (AvgIpc) is 3.10. The van der Waals surface area contributed by atoms with Gasteiger partial charge in [0.1, 0.15) is 18.6 Å². The van der Waals surface area contributed by atoms with E-state index in [2.05, 4.69) is 44.4 Å². The Morgan fingerprint density at radius 2 is 2.04 bits per heavy atom. The lowest BCUT2D eigenvalue weighted by molar-refractivity contribution is 0.371. The third kappa shape index (κ3) is 5.47. The SMILES string of the molecule is CCNC(=NCc1nncn1C)N1CCN(c2cccc(OC)c2)CC1.I. The van der Waals surface area contributed by atoms with E-state index >= 15 is 0 Å². The molecule has 0 saturated carbocycles. The molecule has 8 nitrogen and oxygen atoms in total. The number of aromatic nitrogens is 3. The fourth-order valence-corrected chi connectivity index (χ4v) is 3.01. The van der Waals surface area contributed by atoms with Crippen LogP contribution in [0, 0.1) is 0 Å². The first-order chi connectivity index (χ1) is 12.7. The molecule has 0 radical (unpaired) electrons. The lowest BCUT2D eigenvalue weighted by atomic mass is 10.2. The van der Waals surface area contributed by atoms with Crippen molar-refractivity contribution in [2.75, 3.05) is 44.7 Å². The van der Waals surface area contributed by atoms with Crippen LogP contribution in [-0.4, -0.2) is 65.5 Å². The predicted molar refractivity (Wildman–Crippen MR) is 118 cm³/mol. The molecule has 0 unspecified atom stereocenters. The number of anilines is 1. The van der Waals surface area contributed by atoms with Crippen molar-refractivity contribution < 1.29 is 4.74 Å². The predicted octanol–water partition coefficient (Wildman–Crippen LogP) is 1.73. The van der Waals surface area contributed by atoms with Crippen LogP contribution in [0.25, 0.3) is 0 Å². The van der Waals surface area contributed by atoms with Gasteiger partial charge < -0.3 is 24.4 Å². The van der Waals surface area contributed by atoms with Crippen molar-refractivity contribution in [1.82, 2.24) is 25.0 Å². The van der Waals surface area contributed by atoms with E-state index in [1.165, 1.54) is 5.69 Å². The van der Waals surface area contributed by atoms with Crippen molar-refractivity contribution in [3.63, 3.8) is 0 Å². The highest BCUT2D eigenvalue weighted by molar-refractivity contribution is 14.0. The number of halogens is 1. The number of aryl methyl sites for hydroxylation is 1. The summed E-state index contributed by atoms with van der Waals surface area (Å²) in [5.41, 5.74) is 1.20. The first-order valence-corrected chi connectivity index (χ1v) is 8.96. The Hall–Kier alpha value is -2.04. The summed E-state index contributed by atoms with van der Waals surface area (Å²) < 4.78 is 7.23. The standard InChI is InChI=1S/C18H27N7O.HI/c1-4-19-18(20-13-17-22-21-14-23(17)2)25-10-8-24(9-11-25)15-6-5-7-16(12-15)26-3;/h5-7,12,14H,4,8-11,13H2,1-3H3,(H,19,20);1H. The summed E-state index contributed by atoms with van der Waals surface area (Å²) in [6.07, 6.45) is 1.70. The third-order valence-electron chi connectivity index (χ3n) is 4.51. The molecule has 148 valence electrons. The second-order valence-corrected chi connectivity index (χ2v) is 6.20. The summed E-state index contributed by atoms with van der Waals surface area (Å²) in [7, 11) is 3.64. The van der Waals surface area contributed by atoms with Crippen molar-refractivity contribution in [2.24, 2.45) is 12.0 Å². The number of guanidine groups is 1. The molecule has 27 heavy (non-hydrogen) atoms. The van der Waals surface area contributed by atoms with Crippen molar-refractivity contribution in [3.8, 4) is 5.75 Å². The van der Waals surface area contributed by atoms with Gasteiger partial charge in [-0.15, -0.1) is 34.2 Å². The Morgan fingerprint density at radius 1 is 1.26 bits per heavy atom. The minimum Gasteiger partial charge on any atom is -0.497 e. The molecule has 2 aromatic rings. The molecule has 1 aliphatic heterocycles. The van der Waals surface area contributed by atoms with E-state index in [-0.39, 0.29) is 24.0 Å². The summed E-state index contributed by atoms with van der Waals surface area (Å²) in [5, 5.41) is 11.4. The van der Waals surface area contributed by atoms with Crippen LogP contribution in [0.2, 0.25) is 0 Å². The zero-order valence-corrected chi connectivity index (χ0v) is 18.5.